The highest BCUT2D eigenvalue weighted by molar-refractivity contribution is 6.04. The van der Waals surface area contributed by atoms with Gasteiger partial charge in [0, 0.05) is 12.2 Å². The van der Waals surface area contributed by atoms with Crippen molar-refractivity contribution in [1.82, 2.24) is 15.2 Å². The molecule has 134 valence electrons. The van der Waals surface area contributed by atoms with Gasteiger partial charge in [0.1, 0.15) is 17.7 Å². The number of carbonyl (C=O) groups is 3. The summed E-state index contributed by atoms with van der Waals surface area (Å²) in [6, 6.07) is 2.39. The fraction of sp³-hybridized carbons (Fsp3) is 0.529. The monoisotopic (exact) mass is 346 g/mol. The molecule has 3 rings (SSSR count). The summed E-state index contributed by atoms with van der Waals surface area (Å²) in [6.45, 7) is 1.88. The van der Waals surface area contributed by atoms with Gasteiger partial charge in [-0.05, 0) is 44.2 Å². The maximum absolute atomic E-state index is 12.3. The largest absolute Gasteiger partial charge is 0.474 e. The average Bonchev–Trinajstić information content (AvgIpc) is 2.90. The Bertz CT molecular complexity index is 685. The van der Waals surface area contributed by atoms with E-state index in [1.165, 1.54) is 4.90 Å². The van der Waals surface area contributed by atoms with Crippen molar-refractivity contribution in [3.05, 3.63) is 23.9 Å². The highest BCUT2D eigenvalue weighted by Gasteiger charge is 2.42. The first-order chi connectivity index (χ1) is 12.0. The fourth-order valence-corrected chi connectivity index (χ4v) is 3.42. The van der Waals surface area contributed by atoms with E-state index in [4.69, 9.17) is 10.5 Å². The van der Waals surface area contributed by atoms with Crippen molar-refractivity contribution >= 4 is 17.8 Å². The molecule has 1 saturated heterocycles. The summed E-state index contributed by atoms with van der Waals surface area (Å²) in [4.78, 5) is 41.2. The van der Waals surface area contributed by atoms with Crippen molar-refractivity contribution in [2.75, 3.05) is 0 Å². The van der Waals surface area contributed by atoms with Crippen LogP contribution in [-0.4, -0.2) is 45.9 Å². The molecule has 8 nitrogen and oxygen atoms in total. The highest BCUT2D eigenvalue weighted by Crippen LogP contribution is 2.29. The van der Waals surface area contributed by atoms with E-state index < -0.39 is 11.9 Å². The summed E-state index contributed by atoms with van der Waals surface area (Å²) in [6.07, 6.45) is 4.70. The Balaban J connectivity index is 1.60. The Kier molecular flexibility index (Phi) is 4.87. The third-order valence-electron chi connectivity index (χ3n) is 4.78. The van der Waals surface area contributed by atoms with Gasteiger partial charge in [0.25, 0.3) is 11.8 Å². The molecule has 0 unspecified atom stereocenters. The highest BCUT2D eigenvalue weighted by atomic mass is 16.5. The molecule has 1 aliphatic heterocycles. The zero-order chi connectivity index (χ0) is 18.0. The van der Waals surface area contributed by atoms with Crippen molar-refractivity contribution in [1.29, 1.82) is 0 Å². The van der Waals surface area contributed by atoms with Gasteiger partial charge < -0.3 is 15.8 Å². The number of nitrogens with two attached hydrogens (primary N) is 1. The first kappa shape index (κ1) is 17.2. The Labute approximate surface area is 145 Å². The number of nitrogens with one attached hydrogen (secondary N) is 1. The normalized spacial score (nSPS) is 26.4. The van der Waals surface area contributed by atoms with Gasteiger partial charge in [-0.3, -0.25) is 14.5 Å². The van der Waals surface area contributed by atoms with Crippen molar-refractivity contribution in [2.45, 2.75) is 57.2 Å². The maximum atomic E-state index is 12.3. The van der Waals surface area contributed by atoms with Crippen molar-refractivity contribution in [2.24, 2.45) is 5.73 Å². The van der Waals surface area contributed by atoms with Gasteiger partial charge in [0.2, 0.25) is 5.88 Å². The van der Waals surface area contributed by atoms with Crippen LogP contribution in [0, 0.1) is 0 Å². The van der Waals surface area contributed by atoms with Crippen LogP contribution in [0.15, 0.2) is 18.3 Å². The predicted molar refractivity (Wildman–Crippen MR) is 88.9 cm³/mol. The molecule has 25 heavy (non-hydrogen) atoms. The molecule has 0 aromatic carbocycles. The lowest BCUT2D eigenvalue weighted by Gasteiger charge is -2.33. The molecule has 2 fully saturated rings. The van der Waals surface area contributed by atoms with Gasteiger partial charge in [-0.2, -0.15) is 0 Å². The van der Waals surface area contributed by atoms with Gasteiger partial charge in [0.05, 0.1) is 0 Å². The molecule has 0 radical (unpaired) electrons. The summed E-state index contributed by atoms with van der Waals surface area (Å²) >= 11 is 0. The Hall–Kier alpha value is -2.64. The molecule has 8 heteroatoms. The molecule has 1 atom stereocenters. The quantitative estimate of drug-likeness (QED) is 0.778. The summed E-state index contributed by atoms with van der Waals surface area (Å²) < 4.78 is 5.84. The summed E-state index contributed by atoms with van der Waals surface area (Å²) in [7, 11) is 0. The number of hydrogen-bond donors (Lipinski definition) is 2. The van der Waals surface area contributed by atoms with E-state index in [1.54, 1.807) is 18.3 Å². The van der Waals surface area contributed by atoms with Crippen molar-refractivity contribution < 1.29 is 19.1 Å². The van der Waals surface area contributed by atoms with Crippen LogP contribution in [0.3, 0.4) is 0 Å². The third-order valence-corrected chi connectivity index (χ3v) is 4.78. The van der Waals surface area contributed by atoms with Crippen molar-refractivity contribution in [3.63, 3.8) is 0 Å². The van der Waals surface area contributed by atoms with E-state index in [0.29, 0.717) is 32.1 Å². The number of rotatable bonds is 5. The predicted octanol–water partition coefficient (Wildman–Crippen LogP) is 1.20. The van der Waals surface area contributed by atoms with E-state index in [1.807, 2.05) is 6.92 Å². The van der Waals surface area contributed by atoms with Gasteiger partial charge in [-0.25, -0.2) is 9.78 Å². The van der Waals surface area contributed by atoms with Crippen LogP contribution in [-0.2, 0) is 4.79 Å². The number of ether oxygens (including phenoxy) is 1. The summed E-state index contributed by atoms with van der Waals surface area (Å²) in [5.41, 5.74) is 5.59. The van der Waals surface area contributed by atoms with Gasteiger partial charge in [-0.15, -0.1) is 0 Å². The lowest BCUT2D eigenvalue weighted by atomic mass is 9.91. The van der Waals surface area contributed by atoms with E-state index in [2.05, 4.69) is 10.3 Å². The molecule has 0 spiro atoms. The molecule has 2 heterocycles. The number of hydrogen-bond acceptors (Lipinski definition) is 5. The van der Waals surface area contributed by atoms with Gasteiger partial charge >= 0.3 is 6.03 Å². The lowest BCUT2D eigenvalue weighted by molar-refractivity contribution is -0.129. The second-order valence-corrected chi connectivity index (χ2v) is 6.39. The smallest absolute Gasteiger partial charge is 0.325 e. The van der Waals surface area contributed by atoms with Gasteiger partial charge in [0.15, 0.2) is 0 Å². The standard InChI is InChI=1S/C17H22N4O4/c1-2-13-16(23)21(17(24)20-13)10-5-7-11(8-6-10)25-15-12(14(18)22)4-3-9-19-15/h3-4,9-11,13H,2,5-8H2,1H3,(H2,18,22)(H,20,24)/t10?,11?,13-/m0/s1. The Morgan fingerprint density at radius 3 is 2.68 bits per heavy atom. The molecule has 0 bridgehead atoms. The van der Waals surface area contributed by atoms with Crippen LogP contribution < -0.4 is 15.8 Å². The number of amides is 4. The first-order valence-electron chi connectivity index (χ1n) is 8.56. The van der Waals surface area contributed by atoms with Crippen LogP contribution in [0.25, 0.3) is 0 Å². The summed E-state index contributed by atoms with van der Waals surface area (Å²) in [5, 5.41) is 2.72. The molecule has 3 N–H and O–H groups in total. The molecule has 1 aromatic heterocycles. The SMILES string of the molecule is CC[C@@H]1NC(=O)N(C2CCC(Oc3ncccc3C(N)=O)CC2)C1=O. The van der Waals surface area contributed by atoms with E-state index in [9.17, 15) is 14.4 Å². The van der Waals surface area contributed by atoms with E-state index >= 15 is 0 Å². The number of nitrogens with zero attached hydrogens (tertiary/aromatic N) is 2. The second kappa shape index (κ2) is 7.08. The second-order valence-electron chi connectivity index (χ2n) is 6.39. The topological polar surface area (TPSA) is 115 Å². The lowest BCUT2D eigenvalue weighted by Crippen LogP contribution is -2.44. The van der Waals surface area contributed by atoms with Crippen LogP contribution in [0.5, 0.6) is 5.88 Å². The van der Waals surface area contributed by atoms with Crippen LogP contribution in [0.2, 0.25) is 0 Å². The maximum Gasteiger partial charge on any atom is 0.325 e. The summed E-state index contributed by atoms with van der Waals surface area (Å²) in [5.74, 6) is -0.487. The van der Waals surface area contributed by atoms with Crippen LogP contribution >= 0.6 is 0 Å². The van der Waals surface area contributed by atoms with Crippen LogP contribution in [0.4, 0.5) is 4.79 Å². The van der Waals surface area contributed by atoms with E-state index in [0.717, 1.165) is 0 Å². The zero-order valence-corrected chi connectivity index (χ0v) is 14.1. The Morgan fingerprint density at radius 2 is 2.08 bits per heavy atom. The molecule has 2 aliphatic rings. The average molecular weight is 346 g/mol. The number of carbonyl (C=O) groups excluding carboxylic acids is 3. The number of imide groups is 1. The molecular formula is C17H22N4O4. The van der Waals surface area contributed by atoms with E-state index in [-0.39, 0.29) is 35.5 Å². The molecule has 1 aliphatic carbocycles. The van der Waals surface area contributed by atoms with Crippen molar-refractivity contribution in [3.8, 4) is 5.88 Å². The molecular weight excluding hydrogens is 324 g/mol. The minimum atomic E-state index is -0.582. The zero-order valence-electron chi connectivity index (χ0n) is 14.1. The fourth-order valence-electron chi connectivity index (χ4n) is 3.42. The first-order valence-corrected chi connectivity index (χ1v) is 8.56. The third kappa shape index (κ3) is 3.42. The minimum Gasteiger partial charge on any atom is -0.474 e. The minimum absolute atomic E-state index is 0.108. The number of urea groups is 1. The number of primary amides is 1. The number of pyridine rings is 1. The van der Waals surface area contributed by atoms with Crippen LogP contribution in [0.1, 0.15) is 49.4 Å². The Morgan fingerprint density at radius 1 is 1.36 bits per heavy atom. The molecule has 1 aromatic rings. The number of aromatic nitrogens is 1. The van der Waals surface area contributed by atoms with Gasteiger partial charge in [-0.1, -0.05) is 6.92 Å². The molecule has 1 saturated carbocycles. The molecule has 4 amide bonds.